The summed E-state index contributed by atoms with van der Waals surface area (Å²) in [4.78, 5) is 0. The molecule has 1 aromatic carbocycles. The Morgan fingerprint density at radius 3 is 2.50 bits per heavy atom. The van der Waals surface area contributed by atoms with Gasteiger partial charge < -0.3 is 5.32 Å². The molecule has 1 nitrogen and oxygen atoms in total. The van der Waals surface area contributed by atoms with Crippen LogP contribution in [0.1, 0.15) is 63.1 Å². The average Bonchev–Trinajstić information content (AvgIpc) is 2.40. The average molecular weight is 294 g/mol. The Bertz CT molecular complexity index is 401. The highest BCUT2D eigenvalue weighted by molar-refractivity contribution is 6.30. The van der Waals surface area contributed by atoms with Crippen molar-refractivity contribution >= 4 is 11.6 Å². The SMILES string of the molecule is CCCNC(c1cc(C)cc(Cl)c1)C1CCC(C)CC1. The molecule has 2 rings (SSSR count). The molecule has 1 aromatic rings. The van der Waals surface area contributed by atoms with Crippen LogP contribution >= 0.6 is 11.6 Å². The normalized spacial score (nSPS) is 24.6. The quantitative estimate of drug-likeness (QED) is 0.754. The number of benzene rings is 1. The van der Waals surface area contributed by atoms with Crippen LogP contribution in [0.2, 0.25) is 5.02 Å². The largest absolute Gasteiger partial charge is 0.310 e. The van der Waals surface area contributed by atoms with E-state index in [-0.39, 0.29) is 0 Å². The summed E-state index contributed by atoms with van der Waals surface area (Å²) in [7, 11) is 0. The van der Waals surface area contributed by atoms with Gasteiger partial charge in [-0.1, -0.05) is 44.4 Å². The first-order valence-electron chi connectivity index (χ1n) is 8.10. The monoisotopic (exact) mass is 293 g/mol. The first-order chi connectivity index (χ1) is 9.60. The molecule has 1 aliphatic carbocycles. The van der Waals surface area contributed by atoms with Crippen LogP contribution < -0.4 is 5.32 Å². The fourth-order valence-corrected chi connectivity index (χ4v) is 3.72. The van der Waals surface area contributed by atoms with Gasteiger partial charge in [-0.3, -0.25) is 0 Å². The lowest BCUT2D eigenvalue weighted by Crippen LogP contribution is -2.31. The van der Waals surface area contributed by atoms with E-state index in [2.05, 4.69) is 38.2 Å². The van der Waals surface area contributed by atoms with Crippen molar-refractivity contribution in [3.05, 3.63) is 34.3 Å². The molecule has 20 heavy (non-hydrogen) atoms. The molecule has 0 bridgehead atoms. The minimum Gasteiger partial charge on any atom is -0.310 e. The predicted octanol–water partition coefficient (Wildman–Crippen LogP) is 5.52. The second kappa shape index (κ2) is 7.47. The lowest BCUT2D eigenvalue weighted by atomic mass is 9.77. The van der Waals surface area contributed by atoms with Gasteiger partial charge >= 0.3 is 0 Å². The van der Waals surface area contributed by atoms with E-state index in [9.17, 15) is 0 Å². The Balaban J connectivity index is 2.17. The second-order valence-corrected chi connectivity index (χ2v) is 6.95. The van der Waals surface area contributed by atoms with E-state index in [0.29, 0.717) is 6.04 Å². The molecule has 1 aliphatic rings. The summed E-state index contributed by atoms with van der Waals surface area (Å²) in [5.74, 6) is 1.66. The molecule has 0 aromatic heterocycles. The van der Waals surface area contributed by atoms with E-state index in [4.69, 9.17) is 11.6 Å². The van der Waals surface area contributed by atoms with Crippen LogP contribution in [0.15, 0.2) is 18.2 Å². The standard InChI is InChI=1S/C18H28ClN/c1-4-9-20-18(15-7-5-13(2)6-8-15)16-10-14(3)11-17(19)12-16/h10-13,15,18,20H,4-9H2,1-3H3. The van der Waals surface area contributed by atoms with Crippen molar-refractivity contribution in [3.8, 4) is 0 Å². The number of aryl methyl sites for hydroxylation is 1. The Hall–Kier alpha value is -0.530. The van der Waals surface area contributed by atoms with Crippen LogP contribution in [0.3, 0.4) is 0 Å². The van der Waals surface area contributed by atoms with Gasteiger partial charge in [-0.25, -0.2) is 0 Å². The molecule has 0 spiro atoms. The molecule has 0 heterocycles. The molecular weight excluding hydrogens is 266 g/mol. The van der Waals surface area contributed by atoms with Gasteiger partial charge in [-0.15, -0.1) is 0 Å². The van der Waals surface area contributed by atoms with Crippen LogP contribution in [0.4, 0.5) is 0 Å². The first kappa shape index (κ1) is 15.9. The molecule has 1 atom stereocenters. The Morgan fingerprint density at radius 2 is 1.90 bits per heavy atom. The fourth-order valence-electron chi connectivity index (χ4n) is 3.42. The van der Waals surface area contributed by atoms with Crippen LogP contribution in [0.5, 0.6) is 0 Å². The number of hydrogen-bond acceptors (Lipinski definition) is 1. The molecule has 1 saturated carbocycles. The third-order valence-corrected chi connectivity index (χ3v) is 4.79. The van der Waals surface area contributed by atoms with E-state index < -0.39 is 0 Å². The molecule has 0 radical (unpaired) electrons. The van der Waals surface area contributed by atoms with Gasteiger partial charge in [0.15, 0.2) is 0 Å². The maximum absolute atomic E-state index is 6.26. The minimum atomic E-state index is 0.472. The molecule has 1 N–H and O–H groups in total. The zero-order valence-electron chi connectivity index (χ0n) is 13.1. The molecule has 1 fully saturated rings. The second-order valence-electron chi connectivity index (χ2n) is 6.51. The van der Waals surface area contributed by atoms with Crippen molar-refractivity contribution in [2.24, 2.45) is 11.8 Å². The van der Waals surface area contributed by atoms with Crippen molar-refractivity contribution in [1.29, 1.82) is 0 Å². The van der Waals surface area contributed by atoms with Gasteiger partial charge in [0.25, 0.3) is 0 Å². The van der Waals surface area contributed by atoms with Gasteiger partial charge in [0.2, 0.25) is 0 Å². The topological polar surface area (TPSA) is 12.0 Å². The van der Waals surface area contributed by atoms with Crippen LogP contribution in [0.25, 0.3) is 0 Å². The number of rotatable bonds is 5. The van der Waals surface area contributed by atoms with E-state index in [0.717, 1.165) is 23.4 Å². The van der Waals surface area contributed by atoms with Gasteiger partial charge in [0.05, 0.1) is 0 Å². The third-order valence-electron chi connectivity index (χ3n) is 4.57. The van der Waals surface area contributed by atoms with E-state index in [1.807, 2.05) is 6.07 Å². The molecule has 0 amide bonds. The van der Waals surface area contributed by atoms with Crippen molar-refractivity contribution < 1.29 is 0 Å². The van der Waals surface area contributed by atoms with Crippen molar-refractivity contribution in [3.63, 3.8) is 0 Å². The summed E-state index contributed by atoms with van der Waals surface area (Å²) in [6.45, 7) is 7.84. The molecule has 1 unspecified atom stereocenters. The lowest BCUT2D eigenvalue weighted by molar-refractivity contribution is 0.231. The van der Waals surface area contributed by atoms with Crippen molar-refractivity contribution in [2.75, 3.05) is 6.54 Å². The summed E-state index contributed by atoms with van der Waals surface area (Å²) in [6.07, 6.45) is 6.60. The smallest absolute Gasteiger partial charge is 0.0411 e. The van der Waals surface area contributed by atoms with Gasteiger partial charge in [-0.05, 0) is 67.8 Å². The van der Waals surface area contributed by atoms with Crippen LogP contribution in [-0.2, 0) is 0 Å². The Kier molecular flexibility index (Phi) is 5.92. The molecule has 112 valence electrons. The summed E-state index contributed by atoms with van der Waals surface area (Å²) >= 11 is 6.26. The third kappa shape index (κ3) is 4.23. The first-order valence-corrected chi connectivity index (χ1v) is 8.48. The zero-order valence-corrected chi connectivity index (χ0v) is 13.8. The Morgan fingerprint density at radius 1 is 1.20 bits per heavy atom. The van der Waals surface area contributed by atoms with Crippen LogP contribution in [-0.4, -0.2) is 6.54 Å². The number of halogens is 1. The maximum Gasteiger partial charge on any atom is 0.0411 e. The highest BCUT2D eigenvalue weighted by Gasteiger charge is 2.27. The highest BCUT2D eigenvalue weighted by atomic mass is 35.5. The van der Waals surface area contributed by atoms with E-state index >= 15 is 0 Å². The maximum atomic E-state index is 6.26. The van der Waals surface area contributed by atoms with Gasteiger partial charge in [-0.2, -0.15) is 0 Å². The molecule has 0 aliphatic heterocycles. The highest BCUT2D eigenvalue weighted by Crippen LogP contribution is 2.37. The predicted molar refractivity (Wildman–Crippen MR) is 88.3 cm³/mol. The number of hydrogen-bond donors (Lipinski definition) is 1. The Labute approximate surface area is 129 Å². The minimum absolute atomic E-state index is 0.472. The summed E-state index contributed by atoms with van der Waals surface area (Å²) < 4.78 is 0. The summed E-state index contributed by atoms with van der Waals surface area (Å²) in [5.41, 5.74) is 2.64. The lowest BCUT2D eigenvalue weighted by Gasteiger charge is -2.34. The zero-order chi connectivity index (χ0) is 14.5. The van der Waals surface area contributed by atoms with Crippen LogP contribution in [0, 0.1) is 18.8 Å². The molecule has 0 saturated heterocycles. The van der Waals surface area contributed by atoms with Gasteiger partial charge in [0.1, 0.15) is 0 Å². The molecule has 2 heteroatoms. The number of nitrogens with one attached hydrogen (secondary N) is 1. The summed E-state index contributed by atoms with van der Waals surface area (Å²) in [6, 6.07) is 6.97. The van der Waals surface area contributed by atoms with E-state index in [1.54, 1.807) is 0 Å². The van der Waals surface area contributed by atoms with Crippen molar-refractivity contribution in [2.45, 2.75) is 58.9 Å². The summed E-state index contributed by atoms with van der Waals surface area (Å²) in [5, 5.41) is 4.63. The van der Waals surface area contributed by atoms with Gasteiger partial charge in [0, 0.05) is 11.1 Å². The van der Waals surface area contributed by atoms with Crippen molar-refractivity contribution in [1.82, 2.24) is 5.32 Å². The van der Waals surface area contributed by atoms with E-state index in [1.165, 1.54) is 43.2 Å². The fraction of sp³-hybridized carbons (Fsp3) is 0.667. The molecular formula is C18H28ClN.